The highest BCUT2D eigenvalue weighted by Crippen LogP contribution is 2.37. The zero-order chi connectivity index (χ0) is 11.0. The largest absolute Gasteiger partial charge is 0.454 e. The first-order valence-corrected chi connectivity index (χ1v) is 5.93. The van der Waals surface area contributed by atoms with Crippen LogP contribution < -0.4 is 14.8 Å². The average Bonchev–Trinajstić information content (AvgIpc) is 2.93. The molecule has 0 aromatic heterocycles. The highest BCUT2D eigenvalue weighted by Gasteiger charge is 2.21. The molecule has 0 spiro atoms. The number of hydrogen-bond donors (Lipinski definition) is 1. The summed E-state index contributed by atoms with van der Waals surface area (Å²) in [5.41, 5.74) is 2.65. The smallest absolute Gasteiger partial charge is 0.231 e. The SMILES string of the molecule is Cc1c(CC2CCNC2)ccc2c1OCO2. The number of nitrogens with one attached hydrogen (secondary N) is 1. The fraction of sp³-hybridized carbons (Fsp3) is 0.538. The maximum atomic E-state index is 5.50. The zero-order valence-corrected chi connectivity index (χ0v) is 9.58. The summed E-state index contributed by atoms with van der Waals surface area (Å²) in [5.74, 6) is 2.62. The summed E-state index contributed by atoms with van der Waals surface area (Å²) in [4.78, 5) is 0. The van der Waals surface area contributed by atoms with Gasteiger partial charge in [-0.25, -0.2) is 0 Å². The van der Waals surface area contributed by atoms with E-state index >= 15 is 0 Å². The Balaban J connectivity index is 1.84. The number of fused-ring (bicyclic) bond motifs is 1. The van der Waals surface area contributed by atoms with E-state index in [4.69, 9.17) is 9.47 Å². The van der Waals surface area contributed by atoms with Gasteiger partial charge in [0.1, 0.15) is 0 Å². The summed E-state index contributed by atoms with van der Waals surface area (Å²) in [6.45, 7) is 4.80. The van der Waals surface area contributed by atoms with Crippen molar-refractivity contribution in [3.63, 3.8) is 0 Å². The van der Waals surface area contributed by atoms with Gasteiger partial charge in [0, 0.05) is 0 Å². The average molecular weight is 219 g/mol. The summed E-state index contributed by atoms with van der Waals surface area (Å²) < 4.78 is 10.9. The van der Waals surface area contributed by atoms with Crippen LogP contribution in [0.15, 0.2) is 12.1 Å². The fourth-order valence-electron chi connectivity index (χ4n) is 2.57. The Labute approximate surface area is 95.8 Å². The van der Waals surface area contributed by atoms with E-state index in [9.17, 15) is 0 Å². The highest BCUT2D eigenvalue weighted by molar-refractivity contribution is 5.51. The minimum absolute atomic E-state index is 0.366. The number of rotatable bonds is 2. The van der Waals surface area contributed by atoms with Gasteiger partial charge < -0.3 is 14.8 Å². The quantitative estimate of drug-likeness (QED) is 0.823. The van der Waals surface area contributed by atoms with Crippen LogP contribution in [0.3, 0.4) is 0 Å². The molecule has 1 saturated heterocycles. The lowest BCUT2D eigenvalue weighted by molar-refractivity contribution is 0.173. The third-order valence-corrected chi connectivity index (χ3v) is 3.57. The molecule has 3 nitrogen and oxygen atoms in total. The van der Waals surface area contributed by atoms with Crippen molar-refractivity contribution in [2.45, 2.75) is 19.8 Å². The third kappa shape index (κ3) is 1.65. The predicted octanol–water partition coefficient (Wildman–Crippen LogP) is 1.88. The van der Waals surface area contributed by atoms with Gasteiger partial charge in [-0.1, -0.05) is 6.07 Å². The van der Waals surface area contributed by atoms with Crippen LogP contribution in [-0.2, 0) is 6.42 Å². The van der Waals surface area contributed by atoms with E-state index in [-0.39, 0.29) is 0 Å². The molecule has 2 aliphatic heterocycles. The Bertz CT molecular complexity index is 397. The Kier molecular flexibility index (Phi) is 2.48. The summed E-state index contributed by atoms with van der Waals surface area (Å²) in [6.07, 6.45) is 2.43. The van der Waals surface area contributed by atoms with Crippen molar-refractivity contribution < 1.29 is 9.47 Å². The molecule has 1 aromatic rings. The molecule has 0 amide bonds. The molecule has 0 aliphatic carbocycles. The minimum Gasteiger partial charge on any atom is -0.454 e. The van der Waals surface area contributed by atoms with Crippen molar-refractivity contribution in [1.82, 2.24) is 5.32 Å². The summed E-state index contributed by atoms with van der Waals surface area (Å²) in [6, 6.07) is 4.22. The van der Waals surface area contributed by atoms with Gasteiger partial charge in [0.15, 0.2) is 11.5 Å². The van der Waals surface area contributed by atoms with Gasteiger partial charge in [0.25, 0.3) is 0 Å². The molecule has 3 heteroatoms. The molecule has 1 atom stereocenters. The van der Waals surface area contributed by atoms with Crippen LogP contribution in [0.4, 0.5) is 0 Å². The summed E-state index contributed by atoms with van der Waals surface area (Å²) >= 11 is 0. The van der Waals surface area contributed by atoms with Crippen LogP contribution >= 0.6 is 0 Å². The monoisotopic (exact) mass is 219 g/mol. The second-order valence-corrected chi connectivity index (χ2v) is 4.65. The summed E-state index contributed by atoms with van der Waals surface area (Å²) in [7, 11) is 0. The Hall–Kier alpha value is -1.22. The Morgan fingerprint density at radius 3 is 3.12 bits per heavy atom. The molecule has 0 radical (unpaired) electrons. The molecular weight excluding hydrogens is 202 g/mol. The van der Waals surface area contributed by atoms with Crippen molar-refractivity contribution in [3.05, 3.63) is 23.3 Å². The lowest BCUT2D eigenvalue weighted by Crippen LogP contribution is -2.11. The van der Waals surface area contributed by atoms with Crippen LogP contribution in [0.5, 0.6) is 11.5 Å². The lowest BCUT2D eigenvalue weighted by Gasteiger charge is -2.12. The third-order valence-electron chi connectivity index (χ3n) is 3.57. The first-order valence-electron chi connectivity index (χ1n) is 5.93. The molecule has 1 aromatic carbocycles. The highest BCUT2D eigenvalue weighted by atomic mass is 16.7. The minimum atomic E-state index is 0.366. The maximum Gasteiger partial charge on any atom is 0.231 e. The van der Waals surface area contributed by atoms with Crippen molar-refractivity contribution in [1.29, 1.82) is 0 Å². The molecule has 1 N–H and O–H groups in total. The van der Waals surface area contributed by atoms with Crippen LogP contribution in [0.2, 0.25) is 0 Å². The second-order valence-electron chi connectivity index (χ2n) is 4.65. The van der Waals surface area contributed by atoms with E-state index < -0.39 is 0 Å². The zero-order valence-electron chi connectivity index (χ0n) is 9.58. The molecule has 16 heavy (non-hydrogen) atoms. The molecule has 0 bridgehead atoms. The second kappa shape index (κ2) is 3.98. The van der Waals surface area contributed by atoms with Gasteiger partial charge in [-0.3, -0.25) is 0 Å². The van der Waals surface area contributed by atoms with E-state index in [0.717, 1.165) is 36.9 Å². The molecule has 3 rings (SSSR count). The number of benzene rings is 1. The van der Waals surface area contributed by atoms with Crippen LogP contribution in [0, 0.1) is 12.8 Å². The fourth-order valence-corrected chi connectivity index (χ4v) is 2.57. The van der Waals surface area contributed by atoms with Crippen molar-refractivity contribution in [3.8, 4) is 11.5 Å². The van der Waals surface area contributed by atoms with Crippen molar-refractivity contribution in [2.24, 2.45) is 5.92 Å². The molecule has 86 valence electrons. The van der Waals surface area contributed by atoms with Gasteiger partial charge in [0.05, 0.1) is 0 Å². The van der Waals surface area contributed by atoms with Crippen molar-refractivity contribution in [2.75, 3.05) is 19.9 Å². The predicted molar refractivity (Wildman–Crippen MR) is 62.0 cm³/mol. The molecular formula is C13H17NO2. The van der Waals surface area contributed by atoms with Gasteiger partial charge in [-0.15, -0.1) is 0 Å². The van der Waals surface area contributed by atoms with E-state index in [1.807, 2.05) is 6.07 Å². The van der Waals surface area contributed by atoms with E-state index in [1.165, 1.54) is 17.5 Å². The van der Waals surface area contributed by atoms with Crippen molar-refractivity contribution >= 4 is 0 Å². The van der Waals surface area contributed by atoms with Gasteiger partial charge in [0.2, 0.25) is 6.79 Å². The standard InChI is InChI=1S/C13H17NO2/c1-9-11(6-10-4-5-14-7-10)2-3-12-13(9)16-8-15-12/h2-3,10,14H,4-8H2,1H3. The maximum absolute atomic E-state index is 5.50. The van der Waals surface area contributed by atoms with E-state index in [1.54, 1.807) is 0 Å². The molecule has 0 saturated carbocycles. The van der Waals surface area contributed by atoms with Crippen LogP contribution in [0.1, 0.15) is 17.5 Å². The van der Waals surface area contributed by atoms with E-state index in [0.29, 0.717) is 6.79 Å². The van der Waals surface area contributed by atoms with Gasteiger partial charge in [-0.05, 0) is 56.0 Å². The molecule has 1 unspecified atom stereocenters. The normalized spacial score (nSPS) is 22.7. The Morgan fingerprint density at radius 1 is 1.38 bits per heavy atom. The lowest BCUT2D eigenvalue weighted by atomic mass is 9.95. The van der Waals surface area contributed by atoms with Crippen LogP contribution in [-0.4, -0.2) is 19.9 Å². The van der Waals surface area contributed by atoms with Gasteiger partial charge in [-0.2, -0.15) is 0 Å². The number of ether oxygens (including phenoxy) is 2. The first kappa shape index (κ1) is 9.97. The van der Waals surface area contributed by atoms with Gasteiger partial charge >= 0.3 is 0 Å². The van der Waals surface area contributed by atoms with Crippen LogP contribution in [0.25, 0.3) is 0 Å². The summed E-state index contributed by atoms with van der Waals surface area (Å²) in [5, 5.41) is 3.41. The number of hydrogen-bond acceptors (Lipinski definition) is 3. The first-order chi connectivity index (χ1) is 7.84. The Morgan fingerprint density at radius 2 is 2.31 bits per heavy atom. The topological polar surface area (TPSA) is 30.5 Å². The molecule has 1 fully saturated rings. The molecule has 2 aliphatic rings. The van der Waals surface area contributed by atoms with E-state index in [2.05, 4.69) is 18.3 Å². The molecule has 2 heterocycles.